The van der Waals surface area contributed by atoms with Gasteiger partial charge in [0.15, 0.2) is 0 Å². The number of nitrogens with zero attached hydrogens (tertiary/aromatic N) is 1. The van der Waals surface area contributed by atoms with Crippen LogP contribution in [-0.2, 0) is 12.4 Å². The number of pyridine rings is 1. The summed E-state index contributed by atoms with van der Waals surface area (Å²) in [5, 5.41) is 0. The Kier molecular flexibility index (Phi) is 3.65. The summed E-state index contributed by atoms with van der Waals surface area (Å²) in [5.41, 5.74) is -3.51. The first-order chi connectivity index (χ1) is 9.59. The summed E-state index contributed by atoms with van der Waals surface area (Å²) in [4.78, 5) is 2.89. The van der Waals surface area contributed by atoms with Gasteiger partial charge in [-0.3, -0.25) is 0 Å². The Balaban J connectivity index is 2.64. The van der Waals surface area contributed by atoms with Crippen LogP contribution in [-0.4, -0.2) is 4.98 Å². The molecule has 2 aromatic rings. The SMILES string of the molecule is Fc1cc(-c2cccc(C(F)(F)F)c2)c(C(F)(F)F)cn1. The number of benzene rings is 1. The number of hydrogen-bond acceptors (Lipinski definition) is 1. The van der Waals surface area contributed by atoms with Crippen LogP contribution in [0.15, 0.2) is 36.5 Å². The van der Waals surface area contributed by atoms with Crippen LogP contribution in [0.5, 0.6) is 0 Å². The molecular weight excluding hydrogens is 303 g/mol. The van der Waals surface area contributed by atoms with Gasteiger partial charge in [0.05, 0.1) is 11.1 Å². The highest BCUT2D eigenvalue weighted by Crippen LogP contribution is 2.38. The molecule has 112 valence electrons. The number of rotatable bonds is 1. The molecule has 0 N–H and O–H groups in total. The van der Waals surface area contributed by atoms with Crippen LogP contribution >= 0.6 is 0 Å². The van der Waals surface area contributed by atoms with Gasteiger partial charge in [0.25, 0.3) is 0 Å². The fraction of sp³-hybridized carbons (Fsp3) is 0.154. The Bertz CT molecular complexity index is 658. The van der Waals surface area contributed by atoms with E-state index in [1.165, 1.54) is 0 Å². The Hall–Kier alpha value is -2.12. The van der Waals surface area contributed by atoms with Crippen molar-refractivity contribution in [2.75, 3.05) is 0 Å². The molecule has 2 rings (SSSR count). The van der Waals surface area contributed by atoms with Gasteiger partial charge < -0.3 is 0 Å². The maximum absolute atomic E-state index is 13.1. The molecule has 0 fully saturated rings. The van der Waals surface area contributed by atoms with Gasteiger partial charge in [0, 0.05) is 12.3 Å². The Morgan fingerprint density at radius 3 is 2.10 bits per heavy atom. The lowest BCUT2D eigenvalue weighted by atomic mass is 9.99. The number of hydrogen-bond donors (Lipinski definition) is 0. The molecule has 0 aliphatic carbocycles. The van der Waals surface area contributed by atoms with E-state index in [4.69, 9.17) is 0 Å². The molecule has 1 nitrogen and oxygen atoms in total. The third-order valence-corrected chi connectivity index (χ3v) is 2.68. The predicted octanol–water partition coefficient (Wildman–Crippen LogP) is 4.93. The van der Waals surface area contributed by atoms with Crippen molar-refractivity contribution < 1.29 is 30.7 Å². The predicted molar refractivity (Wildman–Crippen MR) is 59.6 cm³/mol. The summed E-state index contributed by atoms with van der Waals surface area (Å²) in [5.74, 6) is -1.21. The van der Waals surface area contributed by atoms with Gasteiger partial charge in [-0.1, -0.05) is 12.1 Å². The molecule has 1 heterocycles. The summed E-state index contributed by atoms with van der Waals surface area (Å²) >= 11 is 0. The molecule has 8 heteroatoms. The van der Waals surface area contributed by atoms with Crippen LogP contribution < -0.4 is 0 Å². The third-order valence-electron chi connectivity index (χ3n) is 2.68. The summed E-state index contributed by atoms with van der Waals surface area (Å²) < 4.78 is 89.3. The molecule has 0 saturated carbocycles. The average Bonchev–Trinajstić information content (AvgIpc) is 2.36. The minimum absolute atomic E-state index is 0.255. The van der Waals surface area contributed by atoms with E-state index in [1.54, 1.807) is 0 Å². The second-order valence-electron chi connectivity index (χ2n) is 4.13. The van der Waals surface area contributed by atoms with Gasteiger partial charge in [-0.2, -0.15) is 30.7 Å². The standard InChI is InChI=1S/C13H6F7N/c14-11-5-9(10(6-21-11)13(18,19)20)7-2-1-3-8(4-7)12(15,16)17/h1-6H. The van der Waals surface area contributed by atoms with E-state index in [0.29, 0.717) is 18.2 Å². The van der Waals surface area contributed by atoms with Crippen molar-refractivity contribution in [1.82, 2.24) is 4.98 Å². The Morgan fingerprint density at radius 1 is 0.857 bits per heavy atom. The molecule has 1 aromatic carbocycles. The average molecular weight is 309 g/mol. The molecule has 0 aliphatic rings. The largest absolute Gasteiger partial charge is 0.418 e. The summed E-state index contributed by atoms with van der Waals surface area (Å²) in [6.07, 6.45) is -9.31. The Labute approximate surface area is 114 Å². The Morgan fingerprint density at radius 2 is 1.52 bits per heavy atom. The van der Waals surface area contributed by atoms with Crippen LogP contribution in [0.4, 0.5) is 30.7 Å². The van der Waals surface area contributed by atoms with Crippen molar-refractivity contribution in [2.24, 2.45) is 0 Å². The quantitative estimate of drug-likeness (QED) is 0.538. The molecule has 1 aromatic heterocycles. The lowest BCUT2D eigenvalue weighted by Gasteiger charge is -2.14. The molecule has 0 unspecified atom stereocenters. The number of halogens is 7. The van der Waals surface area contributed by atoms with Crippen molar-refractivity contribution in [3.63, 3.8) is 0 Å². The second kappa shape index (κ2) is 5.01. The first kappa shape index (κ1) is 15.3. The number of alkyl halides is 6. The molecular formula is C13H6F7N. The van der Waals surface area contributed by atoms with Crippen molar-refractivity contribution in [2.45, 2.75) is 12.4 Å². The third kappa shape index (κ3) is 3.32. The van der Waals surface area contributed by atoms with Gasteiger partial charge in [-0.25, -0.2) is 4.98 Å². The lowest BCUT2D eigenvalue weighted by Crippen LogP contribution is -2.09. The minimum Gasteiger partial charge on any atom is -0.228 e. The highest BCUT2D eigenvalue weighted by molar-refractivity contribution is 5.68. The molecule has 0 radical (unpaired) electrons. The summed E-state index contributed by atoms with van der Waals surface area (Å²) in [6.45, 7) is 0. The van der Waals surface area contributed by atoms with E-state index in [1.807, 2.05) is 0 Å². The molecule has 0 atom stereocenters. The van der Waals surface area contributed by atoms with Crippen molar-refractivity contribution >= 4 is 0 Å². The molecule has 0 spiro atoms. The summed E-state index contributed by atoms with van der Waals surface area (Å²) in [6, 6.07) is 3.70. The summed E-state index contributed by atoms with van der Waals surface area (Å²) in [7, 11) is 0. The molecule has 0 bridgehead atoms. The first-order valence-electron chi connectivity index (χ1n) is 5.49. The van der Waals surface area contributed by atoms with Gasteiger partial charge in [-0.05, 0) is 23.3 Å². The maximum Gasteiger partial charge on any atom is 0.418 e. The van der Waals surface area contributed by atoms with Gasteiger partial charge in [0.1, 0.15) is 0 Å². The van der Waals surface area contributed by atoms with E-state index in [0.717, 1.165) is 12.1 Å². The monoisotopic (exact) mass is 309 g/mol. The topological polar surface area (TPSA) is 12.9 Å². The van der Waals surface area contributed by atoms with Crippen LogP contribution in [0, 0.1) is 5.95 Å². The van der Waals surface area contributed by atoms with Crippen molar-refractivity contribution in [3.05, 3.63) is 53.6 Å². The van der Waals surface area contributed by atoms with Crippen LogP contribution in [0.2, 0.25) is 0 Å². The maximum atomic E-state index is 13.1. The zero-order valence-electron chi connectivity index (χ0n) is 10.1. The highest BCUT2D eigenvalue weighted by atomic mass is 19.4. The minimum atomic E-state index is -4.86. The molecule has 21 heavy (non-hydrogen) atoms. The fourth-order valence-electron chi connectivity index (χ4n) is 1.76. The smallest absolute Gasteiger partial charge is 0.228 e. The fourth-order valence-corrected chi connectivity index (χ4v) is 1.76. The van der Waals surface area contributed by atoms with Gasteiger partial charge in [-0.15, -0.1) is 0 Å². The first-order valence-corrected chi connectivity index (χ1v) is 5.49. The van der Waals surface area contributed by atoms with E-state index in [2.05, 4.69) is 4.98 Å². The molecule has 0 aliphatic heterocycles. The van der Waals surface area contributed by atoms with E-state index in [9.17, 15) is 30.7 Å². The zero-order valence-corrected chi connectivity index (χ0v) is 10.1. The normalized spacial score (nSPS) is 12.5. The highest BCUT2D eigenvalue weighted by Gasteiger charge is 2.35. The number of aromatic nitrogens is 1. The van der Waals surface area contributed by atoms with Crippen LogP contribution in [0.25, 0.3) is 11.1 Å². The molecule has 0 saturated heterocycles. The zero-order chi connectivity index (χ0) is 15.8. The second-order valence-corrected chi connectivity index (χ2v) is 4.13. The van der Waals surface area contributed by atoms with Crippen molar-refractivity contribution in [1.29, 1.82) is 0 Å². The van der Waals surface area contributed by atoms with E-state index >= 15 is 0 Å². The van der Waals surface area contributed by atoms with Gasteiger partial charge in [0.2, 0.25) is 5.95 Å². The van der Waals surface area contributed by atoms with Gasteiger partial charge >= 0.3 is 12.4 Å². The lowest BCUT2D eigenvalue weighted by molar-refractivity contribution is -0.137. The van der Waals surface area contributed by atoms with E-state index in [-0.39, 0.29) is 6.20 Å². The van der Waals surface area contributed by atoms with E-state index < -0.39 is 40.6 Å². The van der Waals surface area contributed by atoms with Crippen LogP contribution in [0.1, 0.15) is 11.1 Å². The molecule has 0 amide bonds. The van der Waals surface area contributed by atoms with Crippen LogP contribution in [0.3, 0.4) is 0 Å². The van der Waals surface area contributed by atoms with Crippen molar-refractivity contribution in [3.8, 4) is 11.1 Å².